The first-order valence-corrected chi connectivity index (χ1v) is 14.2. The van der Waals surface area contributed by atoms with Crippen molar-refractivity contribution in [2.75, 3.05) is 32.8 Å². The Labute approximate surface area is 237 Å². The Morgan fingerprint density at radius 1 is 1.05 bits per heavy atom. The van der Waals surface area contributed by atoms with Crippen LogP contribution in [0.25, 0.3) is 0 Å². The van der Waals surface area contributed by atoms with Gasteiger partial charge in [0.1, 0.15) is 11.9 Å². The molecule has 0 radical (unpaired) electrons. The normalized spacial score (nSPS) is 20.1. The van der Waals surface area contributed by atoms with Crippen LogP contribution in [0.2, 0.25) is 5.02 Å². The fraction of sp³-hybridized carbons (Fsp3) is 0.500. The molecular formula is C30H33ClF2N2O5. The monoisotopic (exact) mass is 574 g/mol. The molecule has 2 heterocycles. The number of hydrogen-bond donors (Lipinski definition) is 0. The van der Waals surface area contributed by atoms with E-state index in [1.54, 1.807) is 17.9 Å². The molecule has 2 amide bonds. The maximum atomic E-state index is 14.8. The van der Waals surface area contributed by atoms with Crippen LogP contribution in [0.3, 0.4) is 0 Å². The van der Waals surface area contributed by atoms with Crippen LogP contribution in [-0.4, -0.2) is 66.5 Å². The fourth-order valence-electron chi connectivity index (χ4n) is 5.66. The zero-order chi connectivity index (χ0) is 28.4. The summed E-state index contributed by atoms with van der Waals surface area (Å²) in [5.74, 6) is -1.64. The summed E-state index contributed by atoms with van der Waals surface area (Å²) in [6.07, 6.45) is 3.82. The van der Waals surface area contributed by atoms with Crippen LogP contribution in [0, 0.1) is 23.0 Å². The van der Waals surface area contributed by atoms with E-state index < -0.39 is 29.6 Å². The average molecular weight is 575 g/mol. The molecule has 1 saturated carbocycles. The van der Waals surface area contributed by atoms with Gasteiger partial charge in [0.25, 0.3) is 5.91 Å². The van der Waals surface area contributed by atoms with E-state index in [0.717, 1.165) is 12.8 Å². The van der Waals surface area contributed by atoms with E-state index in [1.165, 1.54) is 35.2 Å². The molecule has 2 saturated heterocycles. The number of carbonyl (C=O) groups is 3. The third kappa shape index (κ3) is 6.24. The van der Waals surface area contributed by atoms with Gasteiger partial charge >= 0.3 is 5.97 Å². The molecular weight excluding hydrogens is 542 g/mol. The lowest BCUT2D eigenvalue weighted by molar-refractivity contribution is -0.147. The second-order valence-electron chi connectivity index (χ2n) is 11.1. The molecule has 1 unspecified atom stereocenters. The summed E-state index contributed by atoms with van der Waals surface area (Å²) < 4.78 is 39.4. The fourth-order valence-corrected chi connectivity index (χ4v) is 5.77. The molecule has 7 nitrogen and oxygen atoms in total. The maximum absolute atomic E-state index is 14.8. The molecule has 1 atom stereocenters. The van der Waals surface area contributed by atoms with Gasteiger partial charge in [-0.3, -0.25) is 9.59 Å². The van der Waals surface area contributed by atoms with E-state index >= 15 is 0 Å². The van der Waals surface area contributed by atoms with Crippen LogP contribution in [0.1, 0.15) is 54.9 Å². The largest absolute Gasteiger partial charge is 0.490 e. The van der Waals surface area contributed by atoms with Crippen molar-refractivity contribution in [3.05, 3.63) is 64.2 Å². The standard InChI is InChI=1S/C30H33ClF2N2O5/c1-2-39-29(38)25-16-30(9-11-34(12-10-30)27(36)14-20-5-7-22(31)23(32)13-20)18-35(25)28(37)21-6-8-26(24(33)15-21)40-17-19-3-4-19/h5-8,13,15,19,25H,2-4,9-12,14,16-18H2,1H3. The maximum Gasteiger partial charge on any atom is 0.328 e. The Morgan fingerprint density at radius 2 is 1.80 bits per heavy atom. The van der Waals surface area contributed by atoms with Gasteiger partial charge in [0.2, 0.25) is 5.91 Å². The van der Waals surface area contributed by atoms with Crippen LogP contribution in [0.5, 0.6) is 5.75 Å². The number of ether oxygens (including phenoxy) is 2. The molecule has 10 heteroatoms. The van der Waals surface area contributed by atoms with E-state index in [2.05, 4.69) is 0 Å². The lowest BCUT2D eigenvalue weighted by atomic mass is 9.76. The quantitative estimate of drug-likeness (QED) is 0.413. The van der Waals surface area contributed by atoms with Gasteiger partial charge in [0, 0.05) is 25.2 Å². The van der Waals surface area contributed by atoms with Crippen molar-refractivity contribution in [2.24, 2.45) is 11.3 Å². The molecule has 40 heavy (non-hydrogen) atoms. The molecule has 2 aromatic carbocycles. The zero-order valence-electron chi connectivity index (χ0n) is 22.5. The molecule has 214 valence electrons. The third-order valence-electron chi connectivity index (χ3n) is 8.19. The Bertz CT molecular complexity index is 1290. The third-order valence-corrected chi connectivity index (χ3v) is 8.50. The highest BCUT2D eigenvalue weighted by Gasteiger charge is 2.50. The summed E-state index contributed by atoms with van der Waals surface area (Å²) in [6.45, 7) is 3.56. The second-order valence-corrected chi connectivity index (χ2v) is 11.5. The van der Waals surface area contributed by atoms with E-state index in [0.29, 0.717) is 57.0 Å². The highest BCUT2D eigenvalue weighted by molar-refractivity contribution is 6.30. The number of esters is 1. The molecule has 1 spiro atoms. The number of amides is 2. The number of hydrogen-bond acceptors (Lipinski definition) is 5. The predicted octanol–water partition coefficient (Wildman–Crippen LogP) is 5.04. The van der Waals surface area contributed by atoms with Crippen LogP contribution in [-0.2, 0) is 20.7 Å². The van der Waals surface area contributed by atoms with E-state index in [-0.39, 0.29) is 40.7 Å². The number of nitrogens with zero attached hydrogens (tertiary/aromatic N) is 2. The lowest BCUT2D eigenvalue weighted by Gasteiger charge is -2.39. The summed E-state index contributed by atoms with van der Waals surface area (Å²) in [4.78, 5) is 42.6. The summed E-state index contributed by atoms with van der Waals surface area (Å²) in [5.41, 5.74) is 0.316. The smallest absolute Gasteiger partial charge is 0.328 e. The minimum absolute atomic E-state index is 0.00759. The van der Waals surface area contributed by atoms with Crippen molar-refractivity contribution >= 4 is 29.4 Å². The van der Waals surface area contributed by atoms with Crippen LogP contribution in [0.4, 0.5) is 8.78 Å². The van der Waals surface area contributed by atoms with E-state index in [4.69, 9.17) is 21.1 Å². The van der Waals surface area contributed by atoms with Crippen LogP contribution < -0.4 is 4.74 Å². The Morgan fingerprint density at radius 3 is 2.45 bits per heavy atom. The second kappa shape index (κ2) is 11.7. The molecule has 2 aromatic rings. The number of carbonyl (C=O) groups excluding carboxylic acids is 3. The molecule has 3 aliphatic rings. The van der Waals surface area contributed by atoms with Crippen molar-refractivity contribution in [1.82, 2.24) is 9.80 Å². The average Bonchev–Trinajstić information content (AvgIpc) is 3.70. The summed E-state index contributed by atoms with van der Waals surface area (Å²) in [7, 11) is 0. The van der Waals surface area contributed by atoms with Crippen molar-refractivity contribution in [3.63, 3.8) is 0 Å². The molecule has 0 N–H and O–H groups in total. The van der Waals surface area contributed by atoms with Crippen molar-refractivity contribution < 1.29 is 32.6 Å². The first-order chi connectivity index (χ1) is 19.2. The molecule has 5 rings (SSSR count). The number of rotatable bonds is 8. The van der Waals surface area contributed by atoms with Gasteiger partial charge in [0.15, 0.2) is 11.6 Å². The topological polar surface area (TPSA) is 76.2 Å². The molecule has 1 aliphatic carbocycles. The molecule has 3 fully saturated rings. The van der Waals surface area contributed by atoms with Crippen molar-refractivity contribution in [3.8, 4) is 5.75 Å². The van der Waals surface area contributed by atoms with E-state index in [9.17, 15) is 23.2 Å². The number of likely N-dealkylation sites (tertiary alicyclic amines) is 2. The van der Waals surface area contributed by atoms with Crippen LogP contribution in [0.15, 0.2) is 36.4 Å². The highest BCUT2D eigenvalue weighted by Crippen LogP contribution is 2.44. The number of benzene rings is 2. The van der Waals surface area contributed by atoms with Gasteiger partial charge in [-0.2, -0.15) is 0 Å². The van der Waals surface area contributed by atoms with Gasteiger partial charge in [-0.05, 0) is 86.3 Å². The summed E-state index contributed by atoms with van der Waals surface area (Å²) in [5, 5.41) is 0.00759. The van der Waals surface area contributed by atoms with Crippen LogP contribution >= 0.6 is 11.6 Å². The van der Waals surface area contributed by atoms with Gasteiger partial charge in [-0.15, -0.1) is 0 Å². The van der Waals surface area contributed by atoms with Gasteiger partial charge in [0.05, 0.1) is 24.7 Å². The predicted molar refractivity (Wildman–Crippen MR) is 144 cm³/mol. The zero-order valence-corrected chi connectivity index (χ0v) is 23.2. The summed E-state index contributed by atoms with van der Waals surface area (Å²) >= 11 is 5.75. The van der Waals surface area contributed by atoms with Gasteiger partial charge < -0.3 is 19.3 Å². The van der Waals surface area contributed by atoms with Gasteiger partial charge in [-0.25, -0.2) is 13.6 Å². The van der Waals surface area contributed by atoms with Crippen molar-refractivity contribution in [1.29, 1.82) is 0 Å². The number of halogens is 3. The lowest BCUT2D eigenvalue weighted by Crippen LogP contribution is -2.45. The molecule has 0 aromatic heterocycles. The minimum atomic E-state index is -0.791. The molecule has 0 bridgehead atoms. The minimum Gasteiger partial charge on any atom is -0.490 e. The van der Waals surface area contributed by atoms with Crippen molar-refractivity contribution in [2.45, 2.75) is 51.5 Å². The SMILES string of the molecule is CCOC(=O)C1CC2(CCN(C(=O)Cc3ccc(Cl)c(F)c3)CC2)CN1C(=O)c1ccc(OCC2CC2)c(F)c1. The van der Waals surface area contributed by atoms with E-state index in [1.807, 2.05) is 0 Å². The first kappa shape index (κ1) is 28.3. The highest BCUT2D eigenvalue weighted by atomic mass is 35.5. The number of piperidine rings is 1. The summed E-state index contributed by atoms with van der Waals surface area (Å²) in [6, 6.07) is 7.71. The first-order valence-electron chi connectivity index (χ1n) is 13.8. The Balaban J connectivity index is 1.26. The Kier molecular flexibility index (Phi) is 8.31. The van der Waals surface area contributed by atoms with Gasteiger partial charge in [-0.1, -0.05) is 17.7 Å². The Hall–Kier alpha value is -3.20. The molecule has 2 aliphatic heterocycles.